The zero-order chi connectivity index (χ0) is 95.5. The van der Waals surface area contributed by atoms with Crippen molar-refractivity contribution in [1.29, 1.82) is 0 Å². The van der Waals surface area contributed by atoms with Crippen molar-refractivity contribution >= 4 is 5.69 Å². The van der Waals surface area contributed by atoms with Gasteiger partial charge in [-0.05, 0) is 223 Å². The highest BCUT2D eigenvalue weighted by Crippen LogP contribution is 2.41. The predicted octanol–water partition coefficient (Wildman–Crippen LogP) is 28.2. The Kier molecular flexibility index (Phi) is 40.7. The van der Waals surface area contributed by atoms with Crippen molar-refractivity contribution in [2.45, 2.75) is 199 Å². The maximum absolute atomic E-state index is 9.48. The lowest BCUT2D eigenvalue weighted by molar-refractivity contribution is 0.276. The third kappa shape index (κ3) is 28.5. The van der Waals surface area contributed by atoms with Crippen LogP contribution in [0, 0.1) is 34.3 Å². The summed E-state index contributed by atoms with van der Waals surface area (Å²) >= 11 is 0. The first-order chi connectivity index (χ1) is 62.9. The topological polar surface area (TPSA) is 203 Å². The summed E-state index contributed by atoms with van der Waals surface area (Å²) in [5.74, 6) is 8.27. The average Bonchev–Trinajstić information content (AvgIpc) is 0.826. The molecule has 14 rings (SSSR count). The van der Waals surface area contributed by atoms with E-state index in [1.54, 1.807) is 47.9 Å². The minimum atomic E-state index is -0.117. The van der Waals surface area contributed by atoms with Crippen molar-refractivity contribution in [1.82, 2.24) is 19.9 Å². The molecule has 15 heteroatoms. The summed E-state index contributed by atoms with van der Waals surface area (Å²) in [5.41, 5.74) is 31.6. The monoisotopic (exact) mass is 1760 g/mol. The highest BCUT2D eigenvalue weighted by molar-refractivity contribution is 5.82. The number of methoxy groups -OCH3 is 5. The Labute approximate surface area is 779 Å². The molecular formula is C116H135N5O10. The second-order valence-electron chi connectivity index (χ2n) is 34.5. The van der Waals surface area contributed by atoms with Gasteiger partial charge in [0.2, 0.25) is 0 Å². The van der Waals surface area contributed by atoms with Crippen molar-refractivity contribution < 1.29 is 49.2 Å². The van der Waals surface area contributed by atoms with Crippen molar-refractivity contribution in [3.05, 3.63) is 368 Å². The molecule has 3 heterocycles. The zero-order valence-electron chi connectivity index (χ0n) is 81.0. The van der Waals surface area contributed by atoms with Crippen LogP contribution in [0.15, 0.2) is 267 Å². The number of aliphatic hydroxyl groups excluding tert-OH is 5. The van der Waals surface area contributed by atoms with Gasteiger partial charge in [-0.15, -0.1) is 0 Å². The number of hydrogen-bond donors (Lipinski definition) is 5. The van der Waals surface area contributed by atoms with Crippen LogP contribution in [-0.2, 0) is 33.0 Å². The molecule has 0 aliphatic heterocycles. The predicted molar refractivity (Wildman–Crippen MR) is 541 cm³/mol. The minimum absolute atomic E-state index is 0.0330. The Morgan fingerprint density at radius 3 is 1.07 bits per heavy atom. The maximum Gasteiger partial charge on any atom is 0.195 e. The van der Waals surface area contributed by atoms with Gasteiger partial charge >= 0.3 is 0 Å². The molecule has 14 aromatic rings. The largest absolute Gasteiger partial charge is 0.497 e. The first kappa shape index (κ1) is 103. The molecule has 0 aliphatic carbocycles. The number of aliphatic hydroxyl groups is 5. The molecule has 0 saturated heterocycles. The quantitative estimate of drug-likeness (QED) is 0.0357. The van der Waals surface area contributed by atoms with E-state index in [4.69, 9.17) is 30.3 Å². The lowest BCUT2D eigenvalue weighted by atomic mass is 9.95. The van der Waals surface area contributed by atoms with Gasteiger partial charge in [-0.2, -0.15) is 0 Å². The van der Waals surface area contributed by atoms with Crippen molar-refractivity contribution in [3.8, 4) is 107 Å². The van der Waals surface area contributed by atoms with Gasteiger partial charge in [0, 0.05) is 58.2 Å². The molecule has 15 nitrogen and oxygen atoms in total. The Hall–Kier alpha value is -12.9. The highest BCUT2D eigenvalue weighted by atomic mass is 16.5. The van der Waals surface area contributed by atoms with Crippen LogP contribution in [0.3, 0.4) is 0 Å². The zero-order valence-corrected chi connectivity index (χ0v) is 81.0. The Bertz CT molecular complexity index is 5950. The maximum atomic E-state index is 9.48. The summed E-state index contributed by atoms with van der Waals surface area (Å²) in [7, 11) is 8.34. The Balaban J connectivity index is 0.000000189. The summed E-state index contributed by atoms with van der Waals surface area (Å²) in [6, 6.07) is 82.4. The van der Waals surface area contributed by atoms with E-state index in [0.29, 0.717) is 64.3 Å². The average molecular weight is 1760 g/mol. The Morgan fingerprint density at radius 1 is 0.290 bits per heavy atom. The third-order valence-electron chi connectivity index (χ3n) is 23.1. The van der Waals surface area contributed by atoms with E-state index < -0.39 is 0 Å². The number of hydrogen-bond acceptors (Lipinski definition) is 14. The van der Waals surface area contributed by atoms with Crippen molar-refractivity contribution in [3.63, 3.8) is 0 Å². The SMILES string of the molecule is CC(C)c1ccc(-c2ccccc2CO)cc1.COc1cc(C(C)C)ccc1-c1ccccc1CO.COc1cc(C(C)C)ccc1-c1cnc(C)nc1CO.COc1cc(C(C)C)ccc1-c1cnccc1C.COc1ccnc(CO)c1-c1ccc(C(C)C)cc1.Cc1ccc(-c2ccc(C(C)C)cc2)c(CO)c1.[C-]#[N+]c1cc(C)c(OC)cc1-c1ccc(C(C)C)cc1. The van der Waals surface area contributed by atoms with Crippen LogP contribution in [0.25, 0.3) is 82.7 Å². The van der Waals surface area contributed by atoms with Crippen molar-refractivity contribution in [2.75, 3.05) is 35.5 Å². The summed E-state index contributed by atoms with van der Waals surface area (Å²) < 4.78 is 27.2. The number of nitrogens with zero attached hydrogens (tertiary/aromatic N) is 5. The highest BCUT2D eigenvalue weighted by Gasteiger charge is 2.20. The van der Waals surface area contributed by atoms with Gasteiger partial charge < -0.3 is 49.2 Å². The van der Waals surface area contributed by atoms with Gasteiger partial charge in [0.15, 0.2) is 5.69 Å². The molecule has 0 radical (unpaired) electrons. The molecule has 0 fully saturated rings. The molecule has 3 aromatic heterocycles. The molecule has 0 saturated carbocycles. The fraction of sp³-hybridized carbons (Fsp3) is 0.302. The summed E-state index contributed by atoms with van der Waals surface area (Å²) in [5, 5.41) is 47.1. The normalized spacial score (nSPS) is 10.8. The van der Waals surface area contributed by atoms with E-state index in [0.717, 1.165) is 118 Å². The molecule has 0 bridgehead atoms. The van der Waals surface area contributed by atoms with Gasteiger partial charge in [-0.1, -0.05) is 303 Å². The van der Waals surface area contributed by atoms with E-state index in [9.17, 15) is 25.5 Å². The molecule has 0 aliphatic rings. The van der Waals surface area contributed by atoms with E-state index in [2.05, 4.69) is 274 Å². The van der Waals surface area contributed by atoms with Crippen LogP contribution in [0.1, 0.15) is 228 Å². The second-order valence-corrected chi connectivity index (χ2v) is 34.5. The molecular weight excluding hydrogens is 1620 g/mol. The van der Waals surface area contributed by atoms with Gasteiger partial charge in [0.25, 0.3) is 0 Å². The van der Waals surface area contributed by atoms with E-state index in [1.165, 1.54) is 61.2 Å². The smallest absolute Gasteiger partial charge is 0.195 e. The number of aromatic nitrogens is 4. The van der Waals surface area contributed by atoms with Gasteiger partial charge in [0.05, 0.1) is 86.5 Å². The first-order valence-electron chi connectivity index (χ1n) is 45.0. The molecule has 684 valence electrons. The van der Waals surface area contributed by atoms with Crippen LogP contribution in [0.5, 0.6) is 28.7 Å². The number of pyridine rings is 2. The van der Waals surface area contributed by atoms with Crippen molar-refractivity contribution in [2.24, 2.45) is 0 Å². The van der Waals surface area contributed by atoms with Gasteiger partial charge in [-0.3, -0.25) is 9.97 Å². The lowest BCUT2D eigenvalue weighted by Crippen LogP contribution is -2.00. The van der Waals surface area contributed by atoms with Crippen LogP contribution in [-0.4, -0.2) is 81.0 Å². The lowest BCUT2D eigenvalue weighted by Gasteiger charge is -2.14. The summed E-state index contributed by atoms with van der Waals surface area (Å²) in [4.78, 5) is 20.5. The standard InChI is InChI=1S/C18H19NO.C17H20O2.C17H20O.C16H20N2O2.C16H19NO2.C16H19NO.C16H18O/c1-12(2)14-6-8-15(9-7-14)16-11-18(20-5)13(3)10-17(16)19-4;1-12(2)13-8-9-16(17(10-13)19-3)15-7-5-4-6-14(15)11-18;1-12(2)14-5-7-15(8-6-14)17-9-4-13(3)10-16(17)11-18;1-10(2)12-5-6-13(16(7-12)20-4)14-8-17-11(3)18-15(14)9-19;1-11(2)12-4-6-13(7-5-12)16-14(10-18)17-9-8-15(16)19-3;1-11(2)13-5-6-14(16(9-13)18-4)15-10-17-8-7-12(15)3;1-12(2)13-7-9-14(10-8-13)16-6-4-3-5-15(16)11-17/h6-12H,1-3,5H3;4-10,12,18H,11H2,1-3H3;4-10,12,18H,11H2,1-3H3;5-8,10,19H,9H2,1-4H3;4-9,11,18H,10H2,1-3H3;5-11H,1-4H3;3-10,12,17H,11H2,1-2H3. The molecule has 5 N–H and O–H groups in total. The second kappa shape index (κ2) is 51.5. The molecule has 131 heavy (non-hydrogen) atoms. The summed E-state index contributed by atoms with van der Waals surface area (Å²) in [6.45, 7) is 45.7. The van der Waals surface area contributed by atoms with Gasteiger partial charge in [0.1, 0.15) is 34.6 Å². The minimum Gasteiger partial charge on any atom is -0.497 e. The molecule has 0 atom stereocenters. The first-order valence-corrected chi connectivity index (χ1v) is 45.0. The van der Waals surface area contributed by atoms with Crippen LogP contribution in [0.2, 0.25) is 0 Å². The van der Waals surface area contributed by atoms with Crippen LogP contribution >= 0.6 is 0 Å². The van der Waals surface area contributed by atoms with Gasteiger partial charge in [-0.25, -0.2) is 14.8 Å². The number of benzene rings is 11. The fourth-order valence-corrected chi connectivity index (χ4v) is 15.0. The van der Waals surface area contributed by atoms with E-state index in [1.807, 2.05) is 130 Å². The fourth-order valence-electron chi connectivity index (χ4n) is 15.0. The van der Waals surface area contributed by atoms with Crippen LogP contribution < -0.4 is 23.7 Å². The Morgan fingerprint density at radius 2 is 0.664 bits per heavy atom. The van der Waals surface area contributed by atoms with E-state index >= 15 is 0 Å². The molecule has 11 aromatic carbocycles. The number of aryl methyl sites for hydroxylation is 4. The number of ether oxygens (including phenoxy) is 5. The molecule has 0 amide bonds. The van der Waals surface area contributed by atoms with E-state index in [-0.39, 0.29) is 33.0 Å². The van der Waals surface area contributed by atoms with Crippen LogP contribution in [0.4, 0.5) is 5.69 Å². The molecule has 0 spiro atoms. The molecule has 0 unspecified atom stereocenters. The summed E-state index contributed by atoms with van der Waals surface area (Å²) in [6.07, 6.45) is 7.09. The third-order valence-corrected chi connectivity index (χ3v) is 23.1. The number of rotatable bonds is 24.